The van der Waals surface area contributed by atoms with Gasteiger partial charge in [-0.2, -0.15) is 11.8 Å². The van der Waals surface area contributed by atoms with Crippen molar-refractivity contribution in [2.45, 2.75) is 24.1 Å². The minimum atomic E-state index is 0.514. The second-order valence-corrected chi connectivity index (χ2v) is 5.44. The Morgan fingerprint density at radius 2 is 2.62 bits per heavy atom. The van der Waals surface area contributed by atoms with Gasteiger partial charge in [0.25, 0.3) is 0 Å². The van der Waals surface area contributed by atoms with Gasteiger partial charge in [-0.15, -0.1) is 0 Å². The van der Waals surface area contributed by atoms with Gasteiger partial charge in [-0.1, -0.05) is 0 Å². The molecule has 0 aromatic carbocycles. The number of hydrogen-bond donors (Lipinski definition) is 1. The van der Waals surface area contributed by atoms with Crippen LogP contribution in [0.2, 0.25) is 0 Å². The normalized spacial score (nSPS) is 24.8. The van der Waals surface area contributed by atoms with E-state index in [1.165, 1.54) is 23.5 Å². The third kappa shape index (κ3) is 2.06. The lowest BCUT2D eigenvalue weighted by Crippen LogP contribution is -2.24. The first-order valence-electron chi connectivity index (χ1n) is 4.61. The lowest BCUT2D eigenvalue weighted by atomic mass is 10.1. The Morgan fingerprint density at radius 1 is 1.69 bits per heavy atom. The molecule has 0 aliphatic carbocycles. The highest BCUT2D eigenvalue weighted by Gasteiger charge is 2.26. The zero-order valence-corrected chi connectivity index (χ0v) is 9.33. The Balaban J connectivity index is 2.08. The third-order valence-corrected chi connectivity index (χ3v) is 4.70. The Morgan fingerprint density at radius 3 is 3.15 bits per heavy atom. The van der Waals surface area contributed by atoms with Crippen molar-refractivity contribution in [3.63, 3.8) is 0 Å². The van der Waals surface area contributed by atoms with Gasteiger partial charge >= 0.3 is 0 Å². The van der Waals surface area contributed by atoms with Gasteiger partial charge in [0.05, 0.1) is 6.04 Å². The summed E-state index contributed by atoms with van der Waals surface area (Å²) in [4.78, 5) is 1.38. The van der Waals surface area contributed by atoms with Crippen LogP contribution >= 0.6 is 23.3 Å². The molecule has 2 nitrogen and oxygen atoms in total. The molecule has 2 heterocycles. The predicted octanol–water partition coefficient (Wildman–Crippen LogP) is 2.30. The summed E-state index contributed by atoms with van der Waals surface area (Å²) < 4.78 is 4.15. The predicted molar refractivity (Wildman–Crippen MR) is 59.4 cm³/mol. The summed E-state index contributed by atoms with van der Waals surface area (Å²) in [6.07, 6.45) is 4.60. The molecule has 1 fully saturated rings. The third-order valence-electron chi connectivity index (χ3n) is 2.41. The second-order valence-electron chi connectivity index (χ2n) is 3.23. The number of hydrogen-bond acceptors (Lipinski definition) is 4. The van der Waals surface area contributed by atoms with Crippen molar-refractivity contribution in [2.24, 2.45) is 0 Å². The summed E-state index contributed by atoms with van der Waals surface area (Å²) in [6.45, 7) is 0. The second kappa shape index (κ2) is 4.44. The zero-order valence-electron chi connectivity index (χ0n) is 7.69. The van der Waals surface area contributed by atoms with Gasteiger partial charge in [-0.05, 0) is 43.2 Å². The fraction of sp³-hybridized carbons (Fsp3) is 0.667. The number of rotatable bonds is 3. The Kier molecular flexibility index (Phi) is 3.24. The van der Waals surface area contributed by atoms with Gasteiger partial charge in [0.1, 0.15) is 0 Å². The largest absolute Gasteiger partial charge is 0.311 e. The van der Waals surface area contributed by atoms with Crippen molar-refractivity contribution >= 4 is 23.3 Å². The topological polar surface area (TPSA) is 24.9 Å². The van der Waals surface area contributed by atoms with E-state index in [-0.39, 0.29) is 0 Å². The van der Waals surface area contributed by atoms with E-state index in [2.05, 4.69) is 27.5 Å². The quantitative estimate of drug-likeness (QED) is 0.835. The van der Waals surface area contributed by atoms with Gasteiger partial charge in [0, 0.05) is 16.3 Å². The number of aromatic nitrogens is 1. The first kappa shape index (κ1) is 9.49. The molecular formula is C9H14N2S2. The molecule has 0 spiro atoms. The van der Waals surface area contributed by atoms with Crippen molar-refractivity contribution in [1.29, 1.82) is 0 Å². The van der Waals surface area contributed by atoms with E-state index >= 15 is 0 Å². The Bertz CT molecular complexity index is 242. The molecule has 1 saturated heterocycles. The molecule has 1 aliphatic heterocycles. The first-order valence-corrected chi connectivity index (χ1v) is 6.43. The van der Waals surface area contributed by atoms with Crippen molar-refractivity contribution in [3.05, 3.63) is 17.1 Å². The van der Waals surface area contributed by atoms with Crippen molar-refractivity contribution in [3.8, 4) is 0 Å². The van der Waals surface area contributed by atoms with E-state index < -0.39 is 0 Å². The zero-order chi connectivity index (χ0) is 9.10. The lowest BCUT2D eigenvalue weighted by Gasteiger charge is -2.20. The molecule has 72 valence electrons. The molecular weight excluding hydrogens is 200 g/mol. The van der Waals surface area contributed by atoms with Gasteiger partial charge in [0.2, 0.25) is 0 Å². The maximum Gasteiger partial charge on any atom is 0.0548 e. The number of nitrogens with zero attached hydrogens (tertiary/aromatic N) is 1. The molecule has 0 bridgehead atoms. The van der Waals surface area contributed by atoms with Crippen molar-refractivity contribution < 1.29 is 0 Å². The van der Waals surface area contributed by atoms with Crippen molar-refractivity contribution in [2.75, 3.05) is 12.8 Å². The highest BCUT2D eigenvalue weighted by molar-refractivity contribution is 8.00. The number of nitrogens with one attached hydrogen (secondary N) is 1. The molecule has 13 heavy (non-hydrogen) atoms. The lowest BCUT2D eigenvalue weighted by molar-refractivity contribution is 0.560. The van der Waals surface area contributed by atoms with Crippen LogP contribution in [0.1, 0.15) is 23.8 Å². The van der Waals surface area contributed by atoms with Crippen LogP contribution in [0.15, 0.2) is 12.3 Å². The molecule has 1 N–H and O–H groups in total. The summed E-state index contributed by atoms with van der Waals surface area (Å²) in [5.41, 5.74) is 0. The van der Waals surface area contributed by atoms with Crippen LogP contribution in [0, 0.1) is 0 Å². The molecule has 2 rings (SSSR count). The van der Waals surface area contributed by atoms with Crippen LogP contribution in [0.25, 0.3) is 0 Å². The Labute approximate surface area is 87.3 Å². The molecule has 0 radical (unpaired) electrons. The summed E-state index contributed by atoms with van der Waals surface area (Å²) in [5.74, 6) is 1.32. The fourth-order valence-electron chi connectivity index (χ4n) is 1.76. The average molecular weight is 214 g/mol. The summed E-state index contributed by atoms with van der Waals surface area (Å²) in [7, 11) is 2.04. The standard InChI is InChI=1S/C9H14N2S2/c1-10-9(7-3-2-6-12-7)8-4-5-11-13-8/h4-5,7,9-10H,2-3,6H2,1H3. The van der Waals surface area contributed by atoms with Crippen LogP contribution in [-0.4, -0.2) is 22.4 Å². The first-order chi connectivity index (χ1) is 6.42. The van der Waals surface area contributed by atoms with Gasteiger partial charge in [0.15, 0.2) is 0 Å². The summed E-state index contributed by atoms with van der Waals surface area (Å²) in [5, 5.41) is 4.15. The van der Waals surface area contributed by atoms with E-state index in [1.807, 2.05) is 13.2 Å². The minimum absolute atomic E-state index is 0.514. The Hall–Kier alpha value is -0.0600. The van der Waals surface area contributed by atoms with Crippen LogP contribution in [0.4, 0.5) is 0 Å². The van der Waals surface area contributed by atoms with Crippen LogP contribution in [0.5, 0.6) is 0 Å². The van der Waals surface area contributed by atoms with Gasteiger partial charge < -0.3 is 5.32 Å². The smallest absolute Gasteiger partial charge is 0.0548 e. The molecule has 0 amide bonds. The molecule has 1 aromatic rings. The van der Waals surface area contributed by atoms with E-state index in [0.717, 1.165) is 5.25 Å². The van der Waals surface area contributed by atoms with Gasteiger partial charge in [-0.3, -0.25) is 0 Å². The molecule has 1 aliphatic rings. The average Bonchev–Trinajstić information content (AvgIpc) is 2.76. The molecule has 2 unspecified atom stereocenters. The summed E-state index contributed by atoms with van der Waals surface area (Å²) in [6, 6.07) is 2.64. The molecule has 4 heteroatoms. The molecule has 0 saturated carbocycles. The van der Waals surface area contributed by atoms with E-state index in [4.69, 9.17) is 0 Å². The van der Waals surface area contributed by atoms with Gasteiger partial charge in [-0.25, -0.2) is 4.37 Å². The SMILES string of the molecule is CNC(c1ccns1)C1CCCS1. The molecule has 2 atom stereocenters. The maximum atomic E-state index is 4.15. The molecule has 1 aromatic heterocycles. The maximum absolute atomic E-state index is 4.15. The van der Waals surface area contributed by atoms with Crippen LogP contribution in [-0.2, 0) is 0 Å². The fourth-order valence-corrected chi connectivity index (χ4v) is 4.05. The van der Waals surface area contributed by atoms with Crippen LogP contribution in [0.3, 0.4) is 0 Å². The monoisotopic (exact) mass is 214 g/mol. The van der Waals surface area contributed by atoms with Crippen molar-refractivity contribution in [1.82, 2.24) is 9.69 Å². The number of thioether (sulfide) groups is 1. The minimum Gasteiger partial charge on any atom is -0.311 e. The van der Waals surface area contributed by atoms with E-state index in [9.17, 15) is 0 Å². The van der Waals surface area contributed by atoms with Crippen LogP contribution < -0.4 is 5.32 Å². The highest BCUT2D eigenvalue weighted by Crippen LogP contribution is 2.36. The van der Waals surface area contributed by atoms with E-state index in [1.54, 1.807) is 11.5 Å². The van der Waals surface area contributed by atoms with E-state index in [0.29, 0.717) is 6.04 Å². The summed E-state index contributed by atoms with van der Waals surface area (Å²) >= 11 is 3.71. The highest BCUT2D eigenvalue weighted by atomic mass is 32.2.